The third-order valence-electron chi connectivity index (χ3n) is 1.18. The molecule has 1 aromatic rings. The number of quaternary nitrogens is 1. The van der Waals surface area contributed by atoms with Gasteiger partial charge in [-0.1, -0.05) is 11.6 Å². The fraction of sp³-hybridized carbons (Fsp3) is 0.200. The first kappa shape index (κ1) is 8.67. The van der Waals surface area contributed by atoms with Gasteiger partial charge in [-0.3, -0.25) is 0 Å². The van der Waals surface area contributed by atoms with Crippen molar-refractivity contribution < 1.29 is 5.48 Å². The van der Waals surface area contributed by atoms with Crippen LogP contribution in [0, 0.1) is 12.1 Å². The van der Waals surface area contributed by atoms with E-state index < -0.39 is 0 Å². The molecule has 0 atom stereocenters. The van der Waals surface area contributed by atoms with Crippen LogP contribution in [0.1, 0.15) is 5.69 Å². The van der Waals surface area contributed by atoms with Gasteiger partial charge in [0.25, 0.3) is 0 Å². The molecule has 11 heavy (non-hydrogen) atoms. The molecule has 60 valence electrons. The predicted octanol–water partition coefficient (Wildman–Crippen LogP) is 0.785. The van der Waals surface area contributed by atoms with Gasteiger partial charge >= 0.3 is 0 Å². The van der Waals surface area contributed by atoms with Crippen molar-refractivity contribution in [1.29, 1.82) is 0 Å². The molecule has 0 aromatic carbocycles. The molecule has 0 saturated heterocycles. The average molecular weight is 194 g/mol. The topological polar surface area (TPSA) is 65.5 Å². The number of nitrogens with two attached hydrogens (primary N) is 1. The van der Waals surface area contributed by atoms with Gasteiger partial charge in [0, 0.05) is 0 Å². The van der Waals surface area contributed by atoms with E-state index in [0.717, 1.165) is 0 Å². The molecule has 0 radical (unpaired) electrons. The third-order valence-corrected chi connectivity index (χ3v) is 1.64. The fourth-order valence-electron chi connectivity index (χ4n) is 0.648. The van der Waals surface area contributed by atoms with Crippen molar-refractivity contribution >= 4 is 28.9 Å². The second kappa shape index (κ2) is 3.32. The van der Waals surface area contributed by atoms with Gasteiger partial charge in [0.1, 0.15) is 5.69 Å². The number of hydrogen-bond donors (Lipinski definition) is 1. The van der Waals surface area contributed by atoms with Crippen molar-refractivity contribution in [1.82, 2.24) is 9.97 Å². The summed E-state index contributed by atoms with van der Waals surface area (Å²) in [7, 11) is 0. The Kier molecular flexibility index (Phi) is 2.62. The highest BCUT2D eigenvalue weighted by molar-refractivity contribution is 6.33. The molecule has 4 nitrogen and oxygen atoms in total. The van der Waals surface area contributed by atoms with E-state index in [1.165, 1.54) is 0 Å². The number of aryl methyl sites for hydroxylation is 1. The summed E-state index contributed by atoms with van der Waals surface area (Å²) in [5.41, 5.74) is 1.38. The minimum atomic E-state index is 0.0538. The summed E-state index contributed by atoms with van der Waals surface area (Å²) in [4.78, 5) is 7.34. The molecule has 0 amide bonds. The largest absolute Gasteiger partial charge is 0.630 e. The Morgan fingerprint density at radius 2 is 2.00 bits per heavy atom. The number of rotatable bonds is 1. The molecule has 2 N–H and O–H groups in total. The summed E-state index contributed by atoms with van der Waals surface area (Å²) in [6.07, 6.45) is 0. The maximum atomic E-state index is 10.4. The molecule has 0 fully saturated rings. The monoisotopic (exact) mass is 193 g/mol. The van der Waals surface area contributed by atoms with Crippen LogP contribution in [0.25, 0.3) is 0 Å². The average Bonchev–Trinajstić information content (AvgIpc) is 1.85. The smallest absolute Gasteiger partial charge is 0.224 e. The van der Waals surface area contributed by atoms with Crippen molar-refractivity contribution in [3.8, 4) is 0 Å². The van der Waals surface area contributed by atoms with Gasteiger partial charge in [-0.25, -0.2) is 4.98 Å². The van der Waals surface area contributed by atoms with Crippen LogP contribution < -0.4 is 5.48 Å². The van der Waals surface area contributed by atoms with Crippen LogP contribution >= 0.6 is 23.2 Å². The lowest BCUT2D eigenvalue weighted by Gasteiger charge is -2.05. The van der Waals surface area contributed by atoms with Crippen LogP contribution in [0.4, 0.5) is 5.69 Å². The molecule has 0 aliphatic carbocycles. The Morgan fingerprint density at radius 1 is 1.36 bits per heavy atom. The zero-order valence-electron chi connectivity index (χ0n) is 5.64. The Labute approximate surface area is 73.1 Å². The van der Waals surface area contributed by atoms with Gasteiger partial charge in [-0.15, -0.1) is 0 Å². The summed E-state index contributed by atoms with van der Waals surface area (Å²) in [5.74, 6) is 0. The van der Waals surface area contributed by atoms with Crippen molar-refractivity contribution in [2.24, 2.45) is 0 Å². The van der Waals surface area contributed by atoms with E-state index in [0.29, 0.717) is 11.2 Å². The van der Waals surface area contributed by atoms with Gasteiger partial charge in [0.05, 0.1) is 0 Å². The molecule has 1 aromatic heterocycles. The van der Waals surface area contributed by atoms with Crippen molar-refractivity contribution in [2.75, 3.05) is 0 Å². The highest BCUT2D eigenvalue weighted by Gasteiger charge is 2.08. The molecule has 0 bridgehead atoms. The first-order chi connectivity index (χ1) is 5.15. The Hall–Kier alpha value is -0.420. The van der Waals surface area contributed by atoms with Gasteiger partial charge < -0.3 is 10.7 Å². The Balaban J connectivity index is 3.25. The second-order valence-corrected chi connectivity index (χ2v) is 2.60. The molecule has 1 rings (SSSR count). The standard InChI is InChI=1S/C5H5Cl2N3O/c1-2-3(10-11)4(6)9-5(7)8-2/h10H2,1H3. The van der Waals surface area contributed by atoms with E-state index in [1.807, 2.05) is 0 Å². The first-order valence-corrected chi connectivity index (χ1v) is 3.55. The third kappa shape index (κ3) is 1.78. The number of nitrogens with zero attached hydrogens (tertiary/aromatic N) is 2. The number of hydrogen-bond acceptors (Lipinski definition) is 3. The first-order valence-electron chi connectivity index (χ1n) is 2.80. The molecule has 6 heteroatoms. The van der Waals surface area contributed by atoms with Gasteiger partial charge in [0.2, 0.25) is 5.28 Å². The highest BCUT2D eigenvalue weighted by atomic mass is 35.5. The van der Waals surface area contributed by atoms with Crippen LogP contribution in [0.3, 0.4) is 0 Å². The van der Waals surface area contributed by atoms with Crippen LogP contribution in [-0.4, -0.2) is 9.97 Å². The SMILES string of the molecule is Cc1nc(Cl)nc(Cl)c1[NH2+][O-]. The van der Waals surface area contributed by atoms with Crippen molar-refractivity contribution in [3.05, 3.63) is 21.3 Å². The molecule has 0 aliphatic heterocycles. The van der Waals surface area contributed by atoms with Crippen LogP contribution in [0.2, 0.25) is 10.4 Å². The lowest BCUT2D eigenvalue weighted by Crippen LogP contribution is -2.70. The van der Waals surface area contributed by atoms with Crippen LogP contribution in [-0.2, 0) is 0 Å². The molecule has 1 heterocycles. The zero-order chi connectivity index (χ0) is 8.43. The second-order valence-electron chi connectivity index (χ2n) is 1.90. The quantitative estimate of drug-likeness (QED) is 0.408. The molecule has 0 spiro atoms. The maximum absolute atomic E-state index is 10.4. The minimum Gasteiger partial charge on any atom is -0.630 e. The van der Waals surface area contributed by atoms with E-state index in [-0.39, 0.29) is 16.1 Å². The van der Waals surface area contributed by atoms with E-state index >= 15 is 0 Å². The normalized spacial score (nSPS) is 10.2. The maximum Gasteiger partial charge on any atom is 0.224 e. The molecular formula is C5H5Cl2N3O. The minimum absolute atomic E-state index is 0.0538. The fourth-order valence-corrected chi connectivity index (χ4v) is 1.16. The molecule has 0 aliphatic rings. The number of aromatic nitrogens is 2. The van der Waals surface area contributed by atoms with E-state index in [4.69, 9.17) is 23.2 Å². The Morgan fingerprint density at radius 3 is 2.45 bits per heavy atom. The predicted molar refractivity (Wildman–Crippen MR) is 41.7 cm³/mol. The zero-order valence-corrected chi connectivity index (χ0v) is 7.15. The molecule has 0 saturated carbocycles. The highest BCUT2D eigenvalue weighted by Crippen LogP contribution is 2.18. The summed E-state index contributed by atoms with van der Waals surface area (Å²) >= 11 is 11.0. The van der Waals surface area contributed by atoms with Gasteiger partial charge in [-0.2, -0.15) is 4.98 Å². The van der Waals surface area contributed by atoms with Crippen molar-refractivity contribution in [3.63, 3.8) is 0 Å². The molecule has 0 unspecified atom stereocenters. The lowest BCUT2D eigenvalue weighted by atomic mass is 10.4. The summed E-state index contributed by atoms with van der Waals surface area (Å²) in [6, 6.07) is 0. The summed E-state index contributed by atoms with van der Waals surface area (Å²) < 4.78 is 0. The summed E-state index contributed by atoms with van der Waals surface area (Å²) in [6.45, 7) is 1.64. The number of halogens is 2. The van der Waals surface area contributed by atoms with E-state index in [2.05, 4.69) is 9.97 Å². The van der Waals surface area contributed by atoms with Gasteiger partial charge in [0.15, 0.2) is 10.8 Å². The lowest BCUT2D eigenvalue weighted by molar-refractivity contribution is -0.498. The summed E-state index contributed by atoms with van der Waals surface area (Å²) in [5, 5.41) is 10.5. The Bertz CT molecular complexity index is 255. The van der Waals surface area contributed by atoms with E-state index in [9.17, 15) is 5.21 Å². The van der Waals surface area contributed by atoms with Crippen molar-refractivity contribution in [2.45, 2.75) is 6.92 Å². The van der Waals surface area contributed by atoms with E-state index in [1.54, 1.807) is 6.92 Å². The molecular weight excluding hydrogens is 189 g/mol. The van der Waals surface area contributed by atoms with Crippen LogP contribution in [0.15, 0.2) is 0 Å². The van der Waals surface area contributed by atoms with Crippen LogP contribution in [0.5, 0.6) is 0 Å². The van der Waals surface area contributed by atoms with Gasteiger partial charge in [-0.05, 0) is 18.5 Å².